The zero-order valence-corrected chi connectivity index (χ0v) is 11.8. The van der Waals surface area contributed by atoms with Gasteiger partial charge in [0.2, 0.25) is 5.91 Å². The van der Waals surface area contributed by atoms with Gasteiger partial charge in [-0.25, -0.2) is 0 Å². The molecule has 2 saturated heterocycles. The van der Waals surface area contributed by atoms with E-state index >= 15 is 0 Å². The second kappa shape index (κ2) is 7.22. The normalized spacial score (nSPS) is 26.9. The van der Waals surface area contributed by atoms with Crippen molar-refractivity contribution in [3.05, 3.63) is 0 Å². The fraction of sp³-hybridized carbons (Fsp3) is 0.929. The lowest BCUT2D eigenvalue weighted by molar-refractivity contribution is -0.138. The summed E-state index contributed by atoms with van der Waals surface area (Å²) < 4.78 is 0. The van der Waals surface area contributed by atoms with Crippen LogP contribution >= 0.6 is 0 Å². The van der Waals surface area contributed by atoms with E-state index in [2.05, 4.69) is 4.90 Å². The molecule has 0 aromatic rings. The molecule has 0 aliphatic carbocycles. The third-order valence-electron chi connectivity index (χ3n) is 4.39. The van der Waals surface area contributed by atoms with Gasteiger partial charge in [-0.15, -0.1) is 0 Å². The first kappa shape index (κ1) is 14.8. The number of amides is 1. The molecule has 0 aromatic carbocycles. The maximum Gasteiger partial charge on any atom is 0.239 e. The summed E-state index contributed by atoms with van der Waals surface area (Å²) in [4.78, 5) is 16.5. The molecule has 5 nitrogen and oxygen atoms in total. The number of piperidine rings is 2. The van der Waals surface area contributed by atoms with Gasteiger partial charge >= 0.3 is 0 Å². The Labute approximate surface area is 115 Å². The van der Waals surface area contributed by atoms with Crippen molar-refractivity contribution in [3.8, 4) is 0 Å². The Bertz CT molecular complexity index is 290. The molecular weight excluding hydrogens is 242 g/mol. The monoisotopic (exact) mass is 269 g/mol. The Morgan fingerprint density at radius 3 is 2.58 bits per heavy atom. The molecular formula is C14H27N3O2. The summed E-state index contributed by atoms with van der Waals surface area (Å²) in [6.45, 7) is 4.38. The van der Waals surface area contributed by atoms with E-state index in [-0.39, 0.29) is 18.6 Å². The minimum atomic E-state index is -0.267. The highest BCUT2D eigenvalue weighted by atomic mass is 16.2. The van der Waals surface area contributed by atoms with E-state index < -0.39 is 0 Å². The quantitative estimate of drug-likeness (QED) is 0.698. The van der Waals surface area contributed by atoms with E-state index in [0.29, 0.717) is 6.04 Å². The van der Waals surface area contributed by atoms with Crippen molar-refractivity contribution < 1.29 is 9.90 Å². The first-order valence-corrected chi connectivity index (χ1v) is 7.61. The Morgan fingerprint density at radius 2 is 1.89 bits per heavy atom. The Hall–Kier alpha value is -0.650. The molecule has 0 spiro atoms. The molecule has 1 amide bonds. The van der Waals surface area contributed by atoms with E-state index in [1.165, 1.54) is 0 Å². The number of hydrogen-bond acceptors (Lipinski definition) is 4. The van der Waals surface area contributed by atoms with Crippen LogP contribution in [0, 0.1) is 0 Å². The van der Waals surface area contributed by atoms with Crippen molar-refractivity contribution in [1.82, 2.24) is 9.80 Å². The highest BCUT2D eigenvalue weighted by Crippen LogP contribution is 2.21. The first-order chi connectivity index (χ1) is 9.22. The van der Waals surface area contributed by atoms with Crippen LogP contribution in [0.25, 0.3) is 0 Å². The molecule has 1 atom stereocenters. The standard InChI is InChI=1S/C14H27N3O2/c15-13-4-3-8-17(14(13)19)12-5-9-16(10-6-12)7-1-2-11-18/h12-13,18H,1-11,15H2. The second-order valence-corrected chi connectivity index (χ2v) is 5.78. The number of carbonyl (C=O) groups excluding carboxylic acids is 1. The van der Waals surface area contributed by atoms with E-state index in [1.54, 1.807) is 0 Å². The lowest BCUT2D eigenvalue weighted by atomic mass is 9.97. The summed E-state index contributed by atoms with van der Waals surface area (Å²) in [6, 6.07) is 0.129. The maximum absolute atomic E-state index is 12.1. The van der Waals surface area contributed by atoms with Gasteiger partial charge in [-0.05, 0) is 45.1 Å². The number of nitrogens with zero attached hydrogens (tertiary/aromatic N) is 2. The van der Waals surface area contributed by atoms with Gasteiger partial charge in [-0.3, -0.25) is 4.79 Å². The lowest BCUT2D eigenvalue weighted by Gasteiger charge is -2.41. The number of likely N-dealkylation sites (tertiary alicyclic amines) is 2. The molecule has 2 aliphatic rings. The van der Waals surface area contributed by atoms with Crippen molar-refractivity contribution >= 4 is 5.91 Å². The van der Waals surface area contributed by atoms with E-state index in [1.807, 2.05) is 4.90 Å². The molecule has 0 bridgehead atoms. The summed E-state index contributed by atoms with van der Waals surface area (Å²) in [5.74, 6) is 0.157. The smallest absolute Gasteiger partial charge is 0.239 e. The average Bonchev–Trinajstić information content (AvgIpc) is 2.43. The van der Waals surface area contributed by atoms with Crippen LogP contribution in [-0.2, 0) is 4.79 Å². The predicted molar refractivity (Wildman–Crippen MR) is 74.7 cm³/mol. The molecule has 19 heavy (non-hydrogen) atoms. The van der Waals surface area contributed by atoms with Crippen LogP contribution in [0.5, 0.6) is 0 Å². The molecule has 3 N–H and O–H groups in total. The van der Waals surface area contributed by atoms with Crippen LogP contribution in [0.1, 0.15) is 38.5 Å². The van der Waals surface area contributed by atoms with Gasteiger partial charge in [-0.2, -0.15) is 0 Å². The third kappa shape index (κ3) is 3.91. The predicted octanol–water partition coefficient (Wildman–Crippen LogP) is 0.173. The molecule has 0 aromatic heterocycles. The lowest BCUT2D eigenvalue weighted by Crippen LogP contribution is -2.55. The average molecular weight is 269 g/mol. The van der Waals surface area contributed by atoms with Gasteiger partial charge in [0.05, 0.1) is 6.04 Å². The second-order valence-electron chi connectivity index (χ2n) is 5.78. The summed E-state index contributed by atoms with van der Waals surface area (Å²) in [7, 11) is 0. The molecule has 5 heteroatoms. The highest BCUT2D eigenvalue weighted by molar-refractivity contribution is 5.82. The first-order valence-electron chi connectivity index (χ1n) is 7.61. The third-order valence-corrected chi connectivity index (χ3v) is 4.39. The van der Waals surface area contributed by atoms with Crippen LogP contribution in [0.4, 0.5) is 0 Å². The maximum atomic E-state index is 12.1. The Morgan fingerprint density at radius 1 is 1.16 bits per heavy atom. The topological polar surface area (TPSA) is 69.8 Å². The van der Waals surface area contributed by atoms with Gasteiger partial charge in [0.15, 0.2) is 0 Å². The minimum absolute atomic E-state index is 0.157. The number of hydrogen-bond donors (Lipinski definition) is 2. The van der Waals surface area contributed by atoms with E-state index in [9.17, 15) is 4.79 Å². The Kier molecular flexibility index (Phi) is 5.60. The van der Waals surface area contributed by atoms with Crippen molar-refractivity contribution in [2.24, 2.45) is 5.73 Å². The summed E-state index contributed by atoms with van der Waals surface area (Å²) in [5.41, 5.74) is 5.86. The van der Waals surface area contributed by atoms with Crippen LogP contribution in [0.2, 0.25) is 0 Å². The highest BCUT2D eigenvalue weighted by Gasteiger charge is 2.32. The van der Waals surface area contributed by atoms with Gasteiger partial charge in [0.25, 0.3) is 0 Å². The molecule has 2 fully saturated rings. The van der Waals surface area contributed by atoms with Crippen LogP contribution < -0.4 is 5.73 Å². The molecule has 0 saturated carbocycles. The van der Waals surface area contributed by atoms with Crippen LogP contribution in [0.15, 0.2) is 0 Å². The minimum Gasteiger partial charge on any atom is -0.396 e. The van der Waals surface area contributed by atoms with Crippen LogP contribution in [-0.4, -0.2) is 65.7 Å². The summed E-state index contributed by atoms with van der Waals surface area (Å²) in [5, 5.41) is 8.79. The Balaban J connectivity index is 1.74. The van der Waals surface area contributed by atoms with Gasteiger partial charge in [-0.1, -0.05) is 0 Å². The number of rotatable bonds is 5. The van der Waals surface area contributed by atoms with Crippen LogP contribution in [0.3, 0.4) is 0 Å². The van der Waals surface area contributed by atoms with Gasteiger partial charge in [0, 0.05) is 32.3 Å². The van der Waals surface area contributed by atoms with Crippen molar-refractivity contribution in [2.45, 2.75) is 50.6 Å². The number of unbranched alkanes of at least 4 members (excludes halogenated alkanes) is 1. The van der Waals surface area contributed by atoms with Crippen molar-refractivity contribution in [2.75, 3.05) is 32.8 Å². The molecule has 1 unspecified atom stereocenters. The molecule has 110 valence electrons. The van der Waals surface area contributed by atoms with Crippen molar-refractivity contribution in [3.63, 3.8) is 0 Å². The zero-order chi connectivity index (χ0) is 13.7. The molecule has 2 rings (SSSR count). The van der Waals surface area contributed by atoms with E-state index in [4.69, 9.17) is 10.8 Å². The largest absolute Gasteiger partial charge is 0.396 e. The fourth-order valence-electron chi connectivity index (χ4n) is 3.19. The molecule has 0 radical (unpaired) electrons. The number of nitrogens with two attached hydrogens (primary N) is 1. The fourth-order valence-corrected chi connectivity index (χ4v) is 3.19. The van der Waals surface area contributed by atoms with Gasteiger partial charge < -0.3 is 20.6 Å². The molecule has 2 heterocycles. The SMILES string of the molecule is NC1CCCN(C2CCN(CCCCO)CC2)C1=O. The van der Waals surface area contributed by atoms with Crippen molar-refractivity contribution in [1.29, 1.82) is 0 Å². The number of aliphatic hydroxyl groups excluding tert-OH is 1. The number of carbonyl (C=O) groups is 1. The van der Waals surface area contributed by atoms with E-state index in [0.717, 1.165) is 64.7 Å². The number of aliphatic hydroxyl groups is 1. The summed E-state index contributed by atoms with van der Waals surface area (Å²) in [6.07, 6.45) is 5.97. The molecule has 2 aliphatic heterocycles. The summed E-state index contributed by atoms with van der Waals surface area (Å²) >= 11 is 0. The van der Waals surface area contributed by atoms with Gasteiger partial charge in [0.1, 0.15) is 0 Å². The zero-order valence-electron chi connectivity index (χ0n) is 11.8.